The maximum Gasteiger partial charge on any atom is -0.0216 e. The lowest BCUT2D eigenvalue weighted by Crippen LogP contribution is -2.01. The van der Waals surface area contributed by atoms with Crippen molar-refractivity contribution in [3.8, 4) is 0 Å². The van der Waals surface area contributed by atoms with Gasteiger partial charge >= 0.3 is 0 Å². The summed E-state index contributed by atoms with van der Waals surface area (Å²) in [7, 11) is 0. The third-order valence-corrected chi connectivity index (χ3v) is 3.34. The number of hydrogen-bond donors (Lipinski definition) is 0. The van der Waals surface area contributed by atoms with E-state index in [1.54, 1.807) is 16.7 Å². The van der Waals surface area contributed by atoms with Gasteiger partial charge in [-0.15, -0.1) is 0 Å². The smallest absolute Gasteiger partial charge is 0.0216 e. The Hall–Kier alpha value is -0.780. The molecule has 1 rings (SSSR count). The van der Waals surface area contributed by atoms with Gasteiger partial charge in [-0.3, -0.25) is 0 Å². The van der Waals surface area contributed by atoms with E-state index >= 15 is 0 Å². The molecule has 1 aromatic rings. The van der Waals surface area contributed by atoms with Crippen LogP contribution < -0.4 is 0 Å². The van der Waals surface area contributed by atoms with Crippen LogP contribution in [0.2, 0.25) is 0 Å². The van der Waals surface area contributed by atoms with Gasteiger partial charge in [0.05, 0.1) is 0 Å². The molecule has 0 N–H and O–H groups in total. The molecule has 0 aliphatic rings. The second kappa shape index (κ2) is 6.73. The zero-order chi connectivity index (χ0) is 12.0. The van der Waals surface area contributed by atoms with E-state index in [1.165, 1.54) is 32.1 Å². The first kappa shape index (κ1) is 13.3. The van der Waals surface area contributed by atoms with E-state index in [2.05, 4.69) is 45.9 Å². The molecule has 0 aliphatic heterocycles. The van der Waals surface area contributed by atoms with E-state index in [-0.39, 0.29) is 0 Å². The standard InChI is InChI=1S/C16H26/c1-5-7-8-11-16-14(6-2)10-9-12-15(16)13(3)4/h9-10,12-13H,5-8,11H2,1-4H3. The number of unbranched alkanes of at least 4 members (excludes halogenated alkanes) is 2. The predicted octanol–water partition coefficient (Wildman–Crippen LogP) is 5.11. The highest BCUT2D eigenvalue weighted by atomic mass is 14.1. The van der Waals surface area contributed by atoms with Crippen molar-refractivity contribution >= 4 is 0 Å². The predicted molar refractivity (Wildman–Crippen MR) is 73.1 cm³/mol. The van der Waals surface area contributed by atoms with Gasteiger partial charge in [0.15, 0.2) is 0 Å². The van der Waals surface area contributed by atoms with Crippen LogP contribution in [-0.4, -0.2) is 0 Å². The monoisotopic (exact) mass is 218 g/mol. The minimum Gasteiger partial charge on any atom is -0.0654 e. The van der Waals surface area contributed by atoms with E-state index in [0.29, 0.717) is 5.92 Å². The second-order valence-electron chi connectivity index (χ2n) is 4.95. The summed E-state index contributed by atoms with van der Waals surface area (Å²) < 4.78 is 0. The Morgan fingerprint density at radius 2 is 1.81 bits per heavy atom. The van der Waals surface area contributed by atoms with Gasteiger partial charge in [-0.25, -0.2) is 0 Å². The summed E-state index contributed by atoms with van der Waals surface area (Å²) in [5.41, 5.74) is 4.76. The van der Waals surface area contributed by atoms with E-state index in [0.717, 1.165) is 0 Å². The summed E-state index contributed by atoms with van der Waals surface area (Å²) in [6.07, 6.45) is 6.45. The molecule has 0 nitrogen and oxygen atoms in total. The van der Waals surface area contributed by atoms with Crippen molar-refractivity contribution in [2.24, 2.45) is 0 Å². The lowest BCUT2D eigenvalue weighted by Gasteiger charge is -2.16. The van der Waals surface area contributed by atoms with E-state index in [4.69, 9.17) is 0 Å². The molecule has 0 saturated heterocycles. The maximum atomic E-state index is 2.31. The Morgan fingerprint density at radius 3 is 2.38 bits per heavy atom. The van der Waals surface area contributed by atoms with Gasteiger partial charge in [0, 0.05) is 0 Å². The molecule has 0 saturated carbocycles. The van der Waals surface area contributed by atoms with Crippen LogP contribution in [0.5, 0.6) is 0 Å². The highest BCUT2D eigenvalue weighted by Gasteiger charge is 2.09. The van der Waals surface area contributed by atoms with Gasteiger partial charge in [-0.05, 0) is 41.9 Å². The summed E-state index contributed by atoms with van der Waals surface area (Å²) >= 11 is 0. The molecule has 0 radical (unpaired) electrons. The molecular weight excluding hydrogens is 192 g/mol. The summed E-state index contributed by atoms with van der Waals surface area (Å²) in [4.78, 5) is 0. The zero-order valence-corrected chi connectivity index (χ0v) is 11.3. The number of benzene rings is 1. The fraction of sp³-hybridized carbons (Fsp3) is 0.625. The van der Waals surface area contributed by atoms with Gasteiger partial charge in [0.2, 0.25) is 0 Å². The fourth-order valence-corrected chi connectivity index (χ4v) is 2.38. The largest absolute Gasteiger partial charge is 0.0654 e. The summed E-state index contributed by atoms with van der Waals surface area (Å²) in [6, 6.07) is 6.83. The first-order valence-corrected chi connectivity index (χ1v) is 6.81. The van der Waals surface area contributed by atoms with Gasteiger partial charge in [0.25, 0.3) is 0 Å². The second-order valence-corrected chi connectivity index (χ2v) is 4.95. The van der Waals surface area contributed by atoms with Crippen LogP contribution in [0, 0.1) is 0 Å². The molecule has 1 aromatic carbocycles. The summed E-state index contributed by atoms with van der Waals surface area (Å²) in [5, 5.41) is 0. The van der Waals surface area contributed by atoms with Crippen LogP contribution in [0.15, 0.2) is 18.2 Å². The topological polar surface area (TPSA) is 0 Å². The Bertz CT molecular complexity index is 310. The Labute approximate surface area is 101 Å². The molecular formula is C16H26. The molecule has 0 atom stereocenters. The van der Waals surface area contributed by atoms with E-state index < -0.39 is 0 Å². The lowest BCUT2D eigenvalue weighted by atomic mass is 9.89. The Morgan fingerprint density at radius 1 is 1.06 bits per heavy atom. The van der Waals surface area contributed by atoms with Crippen LogP contribution in [0.1, 0.15) is 69.6 Å². The van der Waals surface area contributed by atoms with Gasteiger partial charge in [-0.2, -0.15) is 0 Å². The highest BCUT2D eigenvalue weighted by Crippen LogP contribution is 2.25. The van der Waals surface area contributed by atoms with Crippen LogP contribution >= 0.6 is 0 Å². The van der Waals surface area contributed by atoms with E-state index in [9.17, 15) is 0 Å². The van der Waals surface area contributed by atoms with Gasteiger partial charge in [-0.1, -0.05) is 58.7 Å². The van der Waals surface area contributed by atoms with Gasteiger partial charge < -0.3 is 0 Å². The van der Waals surface area contributed by atoms with Crippen molar-refractivity contribution in [1.29, 1.82) is 0 Å². The number of rotatable bonds is 6. The van der Waals surface area contributed by atoms with Crippen LogP contribution in [0.4, 0.5) is 0 Å². The zero-order valence-electron chi connectivity index (χ0n) is 11.3. The molecule has 0 fully saturated rings. The molecule has 0 aromatic heterocycles. The lowest BCUT2D eigenvalue weighted by molar-refractivity contribution is 0.702. The molecule has 0 spiro atoms. The number of aryl methyl sites for hydroxylation is 1. The van der Waals surface area contributed by atoms with Crippen molar-refractivity contribution in [3.05, 3.63) is 34.9 Å². The molecule has 0 heteroatoms. The third-order valence-electron chi connectivity index (χ3n) is 3.34. The molecule has 0 aliphatic carbocycles. The van der Waals surface area contributed by atoms with Crippen molar-refractivity contribution in [3.63, 3.8) is 0 Å². The molecule has 16 heavy (non-hydrogen) atoms. The molecule has 90 valence electrons. The van der Waals surface area contributed by atoms with Crippen molar-refractivity contribution in [1.82, 2.24) is 0 Å². The van der Waals surface area contributed by atoms with Crippen molar-refractivity contribution in [2.75, 3.05) is 0 Å². The van der Waals surface area contributed by atoms with Crippen LogP contribution in [0.25, 0.3) is 0 Å². The fourth-order valence-electron chi connectivity index (χ4n) is 2.38. The normalized spacial score (nSPS) is 11.1. The summed E-state index contributed by atoms with van der Waals surface area (Å²) in [5.74, 6) is 0.656. The molecule has 0 bridgehead atoms. The average molecular weight is 218 g/mol. The Balaban J connectivity index is 2.91. The first-order chi connectivity index (χ1) is 7.70. The molecule has 0 heterocycles. The molecule has 0 amide bonds. The number of hydrogen-bond acceptors (Lipinski definition) is 0. The minimum atomic E-state index is 0.656. The van der Waals surface area contributed by atoms with Gasteiger partial charge in [0.1, 0.15) is 0 Å². The maximum absolute atomic E-state index is 2.31. The third kappa shape index (κ3) is 3.37. The Kier molecular flexibility index (Phi) is 5.59. The SMILES string of the molecule is CCCCCc1c(CC)cccc1C(C)C. The minimum absolute atomic E-state index is 0.656. The quantitative estimate of drug-likeness (QED) is 0.582. The first-order valence-electron chi connectivity index (χ1n) is 6.81. The van der Waals surface area contributed by atoms with E-state index in [1.807, 2.05) is 0 Å². The van der Waals surface area contributed by atoms with Crippen LogP contribution in [0.3, 0.4) is 0 Å². The molecule has 0 unspecified atom stereocenters. The average Bonchev–Trinajstić information content (AvgIpc) is 2.29. The highest BCUT2D eigenvalue weighted by molar-refractivity contribution is 5.37. The van der Waals surface area contributed by atoms with Crippen LogP contribution in [-0.2, 0) is 12.8 Å². The van der Waals surface area contributed by atoms with Crippen molar-refractivity contribution < 1.29 is 0 Å². The van der Waals surface area contributed by atoms with Crippen molar-refractivity contribution in [2.45, 2.75) is 65.7 Å². The summed E-state index contributed by atoms with van der Waals surface area (Å²) in [6.45, 7) is 9.15.